The molecule has 0 radical (unpaired) electrons. The highest BCUT2D eigenvalue weighted by Gasteiger charge is 2.08. The van der Waals surface area contributed by atoms with Crippen LogP contribution in [0.25, 0.3) is 0 Å². The number of halogens is 1. The minimum atomic E-state index is -0.785. The standard InChI is InChI=1S/C31H35FN2/c1-3-4-5-6-8-11-26-16-18-28(19-17-26)24-33-34-31(29-12-9-7-10-13-29)30-22-20-27(21-23-30)15-14-25(2)32/h3,7,9-10,12-13,16-25H,1,4-6,8,11,14-15H2,2H3. The van der Waals surface area contributed by atoms with E-state index < -0.39 is 6.17 Å². The SMILES string of the molecule is C=CCCCCCc1ccc(C=NN=C(c2ccccc2)c2ccc(CCC(C)F)cc2)cc1. The minimum absolute atomic E-state index is 0.539. The van der Waals surface area contributed by atoms with Gasteiger partial charge in [0.25, 0.3) is 0 Å². The van der Waals surface area contributed by atoms with Crippen LogP contribution in [0.5, 0.6) is 0 Å². The Hall–Kier alpha value is -3.33. The van der Waals surface area contributed by atoms with Crippen LogP contribution in [0.15, 0.2) is 102 Å². The van der Waals surface area contributed by atoms with Gasteiger partial charge in [0.1, 0.15) is 5.71 Å². The minimum Gasteiger partial charge on any atom is -0.248 e. The Morgan fingerprint density at radius 1 is 0.824 bits per heavy atom. The largest absolute Gasteiger partial charge is 0.248 e. The average molecular weight is 455 g/mol. The summed E-state index contributed by atoms with van der Waals surface area (Å²) in [6.07, 6.45) is 10.1. The molecule has 34 heavy (non-hydrogen) atoms. The van der Waals surface area contributed by atoms with E-state index in [0.717, 1.165) is 47.2 Å². The van der Waals surface area contributed by atoms with Crippen molar-refractivity contribution in [3.8, 4) is 0 Å². The van der Waals surface area contributed by atoms with Gasteiger partial charge in [0, 0.05) is 11.1 Å². The molecule has 0 aliphatic rings. The maximum atomic E-state index is 13.2. The maximum absolute atomic E-state index is 13.2. The first kappa shape index (κ1) is 25.3. The lowest BCUT2D eigenvalue weighted by Crippen LogP contribution is -2.03. The van der Waals surface area contributed by atoms with Crippen molar-refractivity contribution >= 4 is 11.9 Å². The van der Waals surface area contributed by atoms with Gasteiger partial charge in [-0.15, -0.1) is 11.7 Å². The van der Waals surface area contributed by atoms with Gasteiger partial charge in [-0.05, 0) is 62.1 Å². The summed E-state index contributed by atoms with van der Waals surface area (Å²) in [7, 11) is 0. The number of nitrogens with zero attached hydrogens (tertiary/aromatic N) is 2. The molecule has 0 saturated heterocycles. The van der Waals surface area contributed by atoms with Gasteiger partial charge in [-0.3, -0.25) is 0 Å². The Labute approximate surface area is 204 Å². The zero-order valence-electron chi connectivity index (χ0n) is 20.2. The van der Waals surface area contributed by atoms with Crippen LogP contribution >= 0.6 is 0 Å². The van der Waals surface area contributed by atoms with Gasteiger partial charge < -0.3 is 0 Å². The van der Waals surface area contributed by atoms with E-state index in [0.29, 0.717) is 6.42 Å². The Morgan fingerprint density at radius 2 is 1.47 bits per heavy atom. The van der Waals surface area contributed by atoms with Crippen molar-refractivity contribution in [2.75, 3.05) is 0 Å². The summed E-state index contributed by atoms with van der Waals surface area (Å²) in [6.45, 7) is 5.38. The fourth-order valence-corrected chi connectivity index (χ4v) is 3.79. The van der Waals surface area contributed by atoms with Gasteiger partial charge in [-0.2, -0.15) is 5.10 Å². The molecule has 2 nitrogen and oxygen atoms in total. The highest BCUT2D eigenvalue weighted by Crippen LogP contribution is 2.15. The molecule has 3 heteroatoms. The fourth-order valence-electron chi connectivity index (χ4n) is 3.79. The van der Waals surface area contributed by atoms with Crippen LogP contribution in [0.1, 0.15) is 66.8 Å². The molecule has 176 valence electrons. The normalized spacial score (nSPS) is 12.7. The Balaban J connectivity index is 1.69. The first-order chi connectivity index (χ1) is 16.7. The van der Waals surface area contributed by atoms with E-state index in [1.807, 2.05) is 48.5 Å². The van der Waals surface area contributed by atoms with E-state index in [2.05, 4.69) is 53.2 Å². The van der Waals surface area contributed by atoms with Crippen molar-refractivity contribution in [2.24, 2.45) is 10.2 Å². The number of hydrogen-bond donors (Lipinski definition) is 0. The average Bonchev–Trinajstić information content (AvgIpc) is 2.87. The molecule has 3 rings (SSSR count). The number of hydrogen-bond acceptors (Lipinski definition) is 2. The summed E-state index contributed by atoms with van der Waals surface area (Å²) < 4.78 is 13.2. The highest BCUT2D eigenvalue weighted by atomic mass is 19.1. The van der Waals surface area contributed by atoms with Crippen LogP contribution in [0, 0.1) is 0 Å². The number of benzene rings is 3. The number of allylic oxidation sites excluding steroid dienone is 1. The third kappa shape index (κ3) is 8.55. The predicted molar refractivity (Wildman–Crippen MR) is 144 cm³/mol. The van der Waals surface area contributed by atoms with Crippen LogP contribution in [0.3, 0.4) is 0 Å². The van der Waals surface area contributed by atoms with E-state index in [1.54, 1.807) is 13.1 Å². The molecule has 0 bridgehead atoms. The van der Waals surface area contributed by atoms with Crippen LogP contribution < -0.4 is 0 Å². The van der Waals surface area contributed by atoms with Crippen LogP contribution in [-0.2, 0) is 12.8 Å². The first-order valence-electron chi connectivity index (χ1n) is 12.3. The van der Waals surface area contributed by atoms with Crippen molar-refractivity contribution in [3.63, 3.8) is 0 Å². The Kier molecular flexibility index (Phi) is 10.4. The number of alkyl halides is 1. The molecule has 1 atom stereocenters. The molecule has 0 aliphatic heterocycles. The third-order valence-electron chi connectivity index (χ3n) is 5.82. The summed E-state index contributed by atoms with van der Waals surface area (Å²) in [6, 6.07) is 26.8. The second-order valence-electron chi connectivity index (χ2n) is 8.71. The summed E-state index contributed by atoms with van der Waals surface area (Å²) in [5, 5.41) is 8.99. The van der Waals surface area contributed by atoms with E-state index >= 15 is 0 Å². The highest BCUT2D eigenvalue weighted by molar-refractivity contribution is 6.13. The molecular formula is C31H35FN2. The molecule has 0 aliphatic carbocycles. The summed E-state index contributed by atoms with van der Waals surface area (Å²) >= 11 is 0. The maximum Gasteiger partial charge on any atom is 0.100 e. The van der Waals surface area contributed by atoms with Crippen LogP contribution in [-0.4, -0.2) is 18.1 Å². The molecule has 3 aromatic carbocycles. The second-order valence-corrected chi connectivity index (χ2v) is 8.71. The lowest BCUT2D eigenvalue weighted by Gasteiger charge is -2.08. The first-order valence-corrected chi connectivity index (χ1v) is 12.3. The van der Waals surface area contributed by atoms with Crippen molar-refractivity contribution in [1.82, 2.24) is 0 Å². The molecule has 0 heterocycles. The quantitative estimate of drug-likeness (QED) is 0.108. The van der Waals surface area contributed by atoms with Crippen molar-refractivity contribution in [1.29, 1.82) is 0 Å². The van der Waals surface area contributed by atoms with Crippen LogP contribution in [0.4, 0.5) is 4.39 Å². The lowest BCUT2D eigenvalue weighted by atomic mass is 9.99. The molecule has 3 aromatic rings. The number of rotatable bonds is 13. The topological polar surface area (TPSA) is 24.7 Å². The van der Waals surface area contributed by atoms with Crippen molar-refractivity contribution in [3.05, 3.63) is 119 Å². The molecule has 1 unspecified atom stereocenters. The molecular weight excluding hydrogens is 419 g/mol. The monoisotopic (exact) mass is 454 g/mol. The van der Waals surface area contributed by atoms with Crippen molar-refractivity contribution in [2.45, 2.75) is 58.0 Å². The second kappa shape index (κ2) is 14.0. The molecule has 0 saturated carbocycles. The van der Waals surface area contributed by atoms with Crippen LogP contribution in [0.2, 0.25) is 0 Å². The van der Waals surface area contributed by atoms with Crippen molar-refractivity contribution < 1.29 is 4.39 Å². The van der Waals surface area contributed by atoms with Gasteiger partial charge in [-0.1, -0.05) is 91.4 Å². The van der Waals surface area contributed by atoms with E-state index in [4.69, 9.17) is 0 Å². The summed E-state index contributed by atoms with van der Waals surface area (Å²) in [5.41, 5.74) is 6.33. The molecule has 0 N–H and O–H groups in total. The zero-order valence-corrected chi connectivity index (χ0v) is 20.2. The summed E-state index contributed by atoms with van der Waals surface area (Å²) in [4.78, 5) is 0. The molecule has 0 fully saturated rings. The summed E-state index contributed by atoms with van der Waals surface area (Å²) in [5.74, 6) is 0. The third-order valence-corrected chi connectivity index (χ3v) is 5.82. The van der Waals surface area contributed by atoms with E-state index in [-0.39, 0.29) is 0 Å². The Bertz CT molecular complexity index is 1050. The van der Waals surface area contributed by atoms with Gasteiger partial charge in [0.05, 0.1) is 12.4 Å². The molecule has 0 spiro atoms. The zero-order chi connectivity index (χ0) is 24.0. The molecule has 0 amide bonds. The van der Waals surface area contributed by atoms with Gasteiger partial charge in [-0.25, -0.2) is 4.39 Å². The van der Waals surface area contributed by atoms with E-state index in [9.17, 15) is 4.39 Å². The van der Waals surface area contributed by atoms with Gasteiger partial charge >= 0.3 is 0 Å². The van der Waals surface area contributed by atoms with Gasteiger partial charge in [0.2, 0.25) is 0 Å². The number of unbranched alkanes of at least 4 members (excludes halogenated alkanes) is 3. The smallest absolute Gasteiger partial charge is 0.100 e. The Morgan fingerprint density at radius 3 is 2.15 bits per heavy atom. The fraction of sp³-hybridized carbons (Fsp3) is 0.290. The predicted octanol–water partition coefficient (Wildman–Crippen LogP) is 8.14. The van der Waals surface area contributed by atoms with Gasteiger partial charge in [0.15, 0.2) is 0 Å². The lowest BCUT2D eigenvalue weighted by molar-refractivity contribution is 0.341. The molecule has 0 aromatic heterocycles. The van der Waals surface area contributed by atoms with E-state index in [1.165, 1.54) is 24.8 Å². The number of aryl methyl sites for hydroxylation is 2.